The quantitative estimate of drug-likeness (QED) is 0.295. The van der Waals surface area contributed by atoms with Gasteiger partial charge in [0.25, 0.3) is 0 Å². The number of hydrogen-bond donors (Lipinski definition) is 7. The van der Waals surface area contributed by atoms with Crippen molar-refractivity contribution in [3.8, 4) is 0 Å². The number of allylic oxidation sites excluding steroid dienone is 1. The third-order valence-corrected chi connectivity index (χ3v) is 10.7. The molecule has 0 aromatic rings. The van der Waals surface area contributed by atoms with Gasteiger partial charge in [0.1, 0.15) is 6.10 Å². The van der Waals surface area contributed by atoms with Crippen molar-refractivity contribution in [2.75, 3.05) is 0 Å². The molecule has 0 aromatic heterocycles. The fraction of sp³-hybridized carbons (Fsp3) is 0.889. The van der Waals surface area contributed by atoms with Gasteiger partial charge in [-0.1, -0.05) is 13.8 Å². The summed E-state index contributed by atoms with van der Waals surface area (Å²) in [4.78, 5) is 13.3. The van der Waals surface area contributed by atoms with E-state index in [0.29, 0.717) is 37.7 Å². The zero-order chi connectivity index (χ0) is 26.4. The SMILES string of the molecule is CC(C)(O)CCC(O)[C@](C)(O)[C@H]1CC[C@@]2(O)C3=CC(=O)C4CC(O)C(O)C(O)[C@]4(C)[C@H]3CC[C@]12C. The molecule has 4 rings (SSSR count). The monoisotopic (exact) mass is 496 g/mol. The lowest BCUT2D eigenvalue weighted by Crippen LogP contribution is -2.66. The maximum absolute atomic E-state index is 13.3. The summed E-state index contributed by atoms with van der Waals surface area (Å²) in [6.07, 6.45) is -1.09. The Morgan fingerprint density at radius 2 is 1.69 bits per heavy atom. The van der Waals surface area contributed by atoms with Crippen LogP contribution in [0.25, 0.3) is 0 Å². The standard InChI is InChI=1S/C27H44O8/c1-23(2,33)9-8-20(30)26(5,34)19-7-11-27(35)15-12-17(28)16-13-18(29)21(31)22(32)25(16,4)14(15)6-10-24(19,27)3/h12,14,16,18-22,29-35H,6-11,13H2,1-5H3/t14-,16?,18?,19-,20?,21?,22?,24+,25+,26+,27+/m0/s1. The van der Waals surface area contributed by atoms with Gasteiger partial charge in [-0.3, -0.25) is 4.79 Å². The lowest BCUT2D eigenvalue weighted by atomic mass is 9.45. The second kappa shape index (κ2) is 8.32. The average molecular weight is 497 g/mol. The summed E-state index contributed by atoms with van der Waals surface area (Å²) in [6.45, 7) is 8.59. The Balaban J connectivity index is 1.69. The molecular formula is C27H44O8. The van der Waals surface area contributed by atoms with Gasteiger partial charge in [-0.2, -0.15) is 0 Å². The van der Waals surface area contributed by atoms with Gasteiger partial charge in [-0.05, 0) is 89.2 Å². The van der Waals surface area contributed by atoms with Crippen molar-refractivity contribution in [3.05, 3.63) is 11.6 Å². The summed E-state index contributed by atoms with van der Waals surface area (Å²) in [6, 6.07) is 0. The highest BCUT2D eigenvalue weighted by Crippen LogP contribution is 2.68. The second-order valence-corrected chi connectivity index (χ2v) is 13.2. The first kappa shape index (κ1) is 27.2. The first-order valence-corrected chi connectivity index (χ1v) is 13.1. The predicted molar refractivity (Wildman–Crippen MR) is 128 cm³/mol. The molecule has 3 fully saturated rings. The molecule has 8 nitrogen and oxygen atoms in total. The molecule has 0 bridgehead atoms. The van der Waals surface area contributed by atoms with Crippen LogP contribution in [0, 0.1) is 28.6 Å². The minimum atomic E-state index is -1.52. The van der Waals surface area contributed by atoms with Crippen molar-refractivity contribution >= 4 is 5.78 Å². The van der Waals surface area contributed by atoms with Crippen molar-refractivity contribution in [2.24, 2.45) is 28.6 Å². The van der Waals surface area contributed by atoms with E-state index in [1.54, 1.807) is 27.7 Å². The maximum Gasteiger partial charge on any atom is 0.159 e. The van der Waals surface area contributed by atoms with Crippen LogP contribution in [0.15, 0.2) is 11.6 Å². The van der Waals surface area contributed by atoms with E-state index in [1.165, 1.54) is 6.08 Å². The van der Waals surface area contributed by atoms with Gasteiger partial charge in [-0.15, -0.1) is 0 Å². The number of carbonyl (C=O) groups excluding carboxylic acids is 1. The van der Waals surface area contributed by atoms with E-state index in [-0.39, 0.29) is 24.5 Å². The molecule has 0 aliphatic heterocycles. The van der Waals surface area contributed by atoms with Crippen LogP contribution in [-0.4, -0.2) is 82.7 Å². The van der Waals surface area contributed by atoms with Crippen molar-refractivity contribution in [1.29, 1.82) is 0 Å². The molecule has 0 spiro atoms. The Bertz CT molecular complexity index is 892. The molecule has 0 amide bonds. The van der Waals surface area contributed by atoms with E-state index in [4.69, 9.17) is 0 Å². The molecule has 0 radical (unpaired) electrons. The van der Waals surface area contributed by atoms with Crippen LogP contribution in [0.5, 0.6) is 0 Å². The summed E-state index contributed by atoms with van der Waals surface area (Å²) in [5.74, 6) is -1.73. The molecule has 5 unspecified atom stereocenters. The van der Waals surface area contributed by atoms with Crippen molar-refractivity contribution in [3.63, 3.8) is 0 Å². The summed E-state index contributed by atoms with van der Waals surface area (Å²) in [5, 5.41) is 76.6. The number of rotatable bonds is 5. The Kier molecular flexibility index (Phi) is 6.46. The second-order valence-electron chi connectivity index (χ2n) is 13.2. The van der Waals surface area contributed by atoms with E-state index in [2.05, 4.69) is 0 Å². The zero-order valence-corrected chi connectivity index (χ0v) is 21.6. The fourth-order valence-electron chi connectivity index (χ4n) is 8.35. The Labute approximate surface area is 207 Å². The van der Waals surface area contributed by atoms with E-state index >= 15 is 0 Å². The highest BCUT2D eigenvalue weighted by molar-refractivity contribution is 5.95. The molecule has 11 atom stereocenters. The third-order valence-electron chi connectivity index (χ3n) is 10.7. The molecular weight excluding hydrogens is 452 g/mol. The van der Waals surface area contributed by atoms with Crippen LogP contribution in [0.3, 0.4) is 0 Å². The number of aliphatic hydroxyl groups is 7. The van der Waals surface area contributed by atoms with Crippen LogP contribution >= 0.6 is 0 Å². The first-order valence-electron chi connectivity index (χ1n) is 13.1. The van der Waals surface area contributed by atoms with Crippen LogP contribution < -0.4 is 0 Å². The Morgan fingerprint density at radius 3 is 2.29 bits per heavy atom. The fourth-order valence-corrected chi connectivity index (χ4v) is 8.35. The predicted octanol–water partition coefficient (Wildman–Crippen LogP) is 0.825. The Morgan fingerprint density at radius 1 is 1.06 bits per heavy atom. The normalized spacial score (nSPS) is 48.3. The molecule has 3 saturated carbocycles. The van der Waals surface area contributed by atoms with Gasteiger partial charge in [0.2, 0.25) is 0 Å². The van der Waals surface area contributed by atoms with E-state index < -0.39 is 63.9 Å². The highest BCUT2D eigenvalue weighted by Gasteiger charge is 2.70. The van der Waals surface area contributed by atoms with Crippen LogP contribution in [0.4, 0.5) is 0 Å². The Hall–Kier alpha value is -0.870. The van der Waals surface area contributed by atoms with Gasteiger partial charge < -0.3 is 35.7 Å². The maximum atomic E-state index is 13.3. The highest BCUT2D eigenvalue weighted by atomic mass is 16.4. The molecule has 4 aliphatic carbocycles. The number of fused-ring (bicyclic) bond motifs is 5. The minimum Gasteiger partial charge on any atom is -0.390 e. The summed E-state index contributed by atoms with van der Waals surface area (Å²) in [5.41, 5.74) is -5.21. The average Bonchev–Trinajstić information content (AvgIpc) is 3.04. The van der Waals surface area contributed by atoms with Gasteiger partial charge in [0.15, 0.2) is 5.78 Å². The molecule has 0 saturated heterocycles. The number of ketones is 1. The molecule has 35 heavy (non-hydrogen) atoms. The van der Waals surface area contributed by atoms with Crippen molar-refractivity contribution in [2.45, 2.75) is 121 Å². The largest absolute Gasteiger partial charge is 0.390 e. The van der Waals surface area contributed by atoms with Gasteiger partial charge >= 0.3 is 0 Å². The summed E-state index contributed by atoms with van der Waals surface area (Å²) < 4.78 is 0. The summed E-state index contributed by atoms with van der Waals surface area (Å²) >= 11 is 0. The van der Waals surface area contributed by atoms with Gasteiger partial charge in [0.05, 0.1) is 35.1 Å². The lowest BCUT2D eigenvalue weighted by Gasteiger charge is -2.61. The molecule has 200 valence electrons. The van der Waals surface area contributed by atoms with E-state index in [0.717, 1.165) is 0 Å². The van der Waals surface area contributed by atoms with E-state index in [9.17, 15) is 40.5 Å². The third kappa shape index (κ3) is 3.78. The molecule has 0 aromatic carbocycles. The van der Waals surface area contributed by atoms with Crippen LogP contribution in [0.1, 0.15) is 79.6 Å². The smallest absolute Gasteiger partial charge is 0.159 e. The minimum absolute atomic E-state index is 0.0638. The van der Waals surface area contributed by atoms with Crippen molar-refractivity contribution < 1.29 is 40.5 Å². The topological polar surface area (TPSA) is 159 Å². The molecule has 8 heteroatoms. The van der Waals surface area contributed by atoms with Crippen LogP contribution in [0.2, 0.25) is 0 Å². The van der Waals surface area contributed by atoms with Gasteiger partial charge in [-0.25, -0.2) is 0 Å². The number of hydrogen-bond acceptors (Lipinski definition) is 8. The molecule has 4 aliphatic rings. The lowest BCUT2D eigenvalue weighted by molar-refractivity contribution is -0.205. The number of aliphatic hydroxyl groups excluding tert-OH is 4. The first-order chi connectivity index (χ1) is 15.9. The summed E-state index contributed by atoms with van der Waals surface area (Å²) in [7, 11) is 0. The van der Waals surface area contributed by atoms with Gasteiger partial charge in [0, 0.05) is 16.7 Å². The molecule has 7 N–H and O–H groups in total. The molecule has 0 heterocycles. The van der Waals surface area contributed by atoms with E-state index in [1.807, 2.05) is 6.92 Å². The van der Waals surface area contributed by atoms with Crippen molar-refractivity contribution in [1.82, 2.24) is 0 Å². The number of carbonyl (C=O) groups is 1. The zero-order valence-electron chi connectivity index (χ0n) is 21.6. The van der Waals surface area contributed by atoms with Crippen LogP contribution in [-0.2, 0) is 4.79 Å².